The van der Waals surface area contributed by atoms with Gasteiger partial charge in [0.15, 0.2) is 0 Å². The predicted molar refractivity (Wildman–Crippen MR) is 89.2 cm³/mol. The largest absolute Gasteiger partial charge is 0.378 e. The lowest BCUT2D eigenvalue weighted by Crippen LogP contribution is -2.44. The number of ether oxygens (including phenoxy) is 2. The van der Waals surface area contributed by atoms with Crippen LogP contribution in [-0.4, -0.2) is 73.8 Å². The number of urea groups is 1. The number of carbonyl (C=O) groups excluding carboxylic acids is 2. The van der Waals surface area contributed by atoms with Crippen LogP contribution in [0.25, 0.3) is 0 Å². The van der Waals surface area contributed by atoms with Gasteiger partial charge in [0.25, 0.3) is 5.91 Å². The summed E-state index contributed by atoms with van der Waals surface area (Å²) in [6.07, 6.45) is 0.0481. The Morgan fingerprint density at radius 3 is 2.62 bits per heavy atom. The second kappa shape index (κ2) is 7.63. The lowest BCUT2D eigenvalue weighted by Gasteiger charge is -2.31. The molecule has 2 heterocycles. The summed E-state index contributed by atoms with van der Waals surface area (Å²) < 4.78 is 10.7. The molecule has 0 aromatic heterocycles. The number of amides is 3. The number of anilines is 1. The SMILES string of the molecule is CC1CN(C(=O)c2cccc(NC(=O)N3CCOCC3)c2)CCO1. The zero-order chi connectivity index (χ0) is 16.9. The van der Waals surface area contributed by atoms with Crippen molar-refractivity contribution in [1.29, 1.82) is 0 Å². The van der Waals surface area contributed by atoms with Crippen LogP contribution in [0.2, 0.25) is 0 Å². The minimum atomic E-state index is -0.164. The molecule has 130 valence electrons. The van der Waals surface area contributed by atoms with E-state index in [0.29, 0.717) is 57.3 Å². The molecule has 0 aliphatic carbocycles. The van der Waals surface area contributed by atoms with E-state index in [9.17, 15) is 9.59 Å². The molecule has 1 atom stereocenters. The fourth-order valence-electron chi connectivity index (χ4n) is 2.88. The van der Waals surface area contributed by atoms with Crippen molar-refractivity contribution < 1.29 is 19.1 Å². The van der Waals surface area contributed by atoms with Crippen molar-refractivity contribution in [1.82, 2.24) is 9.80 Å². The van der Waals surface area contributed by atoms with Gasteiger partial charge in [0.2, 0.25) is 0 Å². The van der Waals surface area contributed by atoms with Crippen molar-refractivity contribution in [2.24, 2.45) is 0 Å². The summed E-state index contributed by atoms with van der Waals surface area (Å²) in [5.41, 5.74) is 1.20. The van der Waals surface area contributed by atoms with Crippen LogP contribution >= 0.6 is 0 Å². The summed E-state index contributed by atoms with van der Waals surface area (Å²) in [5.74, 6) is -0.0346. The predicted octanol–water partition coefficient (Wildman–Crippen LogP) is 1.41. The average molecular weight is 333 g/mol. The quantitative estimate of drug-likeness (QED) is 0.888. The molecular formula is C17H23N3O4. The van der Waals surface area contributed by atoms with Crippen LogP contribution in [0.15, 0.2) is 24.3 Å². The first-order chi connectivity index (χ1) is 11.6. The number of nitrogens with zero attached hydrogens (tertiary/aromatic N) is 2. The van der Waals surface area contributed by atoms with Crippen LogP contribution in [-0.2, 0) is 9.47 Å². The van der Waals surface area contributed by atoms with Gasteiger partial charge in [-0.2, -0.15) is 0 Å². The summed E-state index contributed by atoms with van der Waals surface area (Å²) in [6.45, 7) is 5.96. The Morgan fingerprint density at radius 2 is 1.88 bits per heavy atom. The van der Waals surface area contributed by atoms with Crippen LogP contribution in [0.5, 0.6) is 0 Å². The lowest BCUT2D eigenvalue weighted by molar-refractivity contribution is -0.0124. The highest BCUT2D eigenvalue weighted by molar-refractivity contribution is 5.97. The Labute approximate surface area is 141 Å². The number of rotatable bonds is 2. The van der Waals surface area contributed by atoms with Gasteiger partial charge in [-0.3, -0.25) is 4.79 Å². The molecule has 0 bridgehead atoms. The van der Waals surface area contributed by atoms with Crippen molar-refractivity contribution in [3.63, 3.8) is 0 Å². The van der Waals surface area contributed by atoms with Crippen LogP contribution in [0, 0.1) is 0 Å². The first-order valence-electron chi connectivity index (χ1n) is 8.28. The molecule has 1 unspecified atom stereocenters. The number of hydrogen-bond donors (Lipinski definition) is 1. The fourth-order valence-corrected chi connectivity index (χ4v) is 2.88. The number of morpholine rings is 2. The first-order valence-corrected chi connectivity index (χ1v) is 8.28. The van der Waals surface area contributed by atoms with Crippen LogP contribution < -0.4 is 5.32 Å². The van der Waals surface area contributed by atoms with E-state index >= 15 is 0 Å². The molecule has 7 nitrogen and oxygen atoms in total. The maximum absolute atomic E-state index is 12.6. The van der Waals surface area contributed by atoms with Crippen molar-refractivity contribution in [2.45, 2.75) is 13.0 Å². The first kappa shape index (κ1) is 16.7. The van der Waals surface area contributed by atoms with Gasteiger partial charge in [0.05, 0.1) is 25.9 Å². The van der Waals surface area contributed by atoms with Gasteiger partial charge in [-0.05, 0) is 25.1 Å². The highest BCUT2D eigenvalue weighted by Crippen LogP contribution is 2.16. The van der Waals surface area contributed by atoms with Gasteiger partial charge in [-0.15, -0.1) is 0 Å². The van der Waals surface area contributed by atoms with Crippen LogP contribution in [0.4, 0.5) is 10.5 Å². The Morgan fingerprint density at radius 1 is 1.12 bits per heavy atom. The molecule has 1 N–H and O–H groups in total. The van der Waals surface area contributed by atoms with Crippen molar-refractivity contribution in [3.05, 3.63) is 29.8 Å². The van der Waals surface area contributed by atoms with Gasteiger partial charge in [0.1, 0.15) is 0 Å². The molecule has 1 aromatic carbocycles. The minimum absolute atomic E-state index is 0.0346. The molecule has 2 saturated heterocycles. The van der Waals surface area contributed by atoms with Gasteiger partial charge < -0.3 is 24.6 Å². The zero-order valence-electron chi connectivity index (χ0n) is 13.9. The molecule has 2 fully saturated rings. The highest BCUT2D eigenvalue weighted by Gasteiger charge is 2.23. The van der Waals surface area contributed by atoms with Crippen molar-refractivity contribution in [3.8, 4) is 0 Å². The normalized spacial score (nSPS) is 21.5. The Hall–Kier alpha value is -2.12. The second-order valence-electron chi connectivity index (χ2n) is 6.04. The maximum atomic E-state index is 12.6. The number of hydrogen-bond acceptors (Lipinski definition) is 4. The van der Waals surface area contributed by atoms with E-state index in [1.165, 1.54) is 0 Å². The van der Waals surface area contributed by atoms with Crippen LogP contribution in [0.1, 0.15) is 17.3 Å². The third-order valence-electron chi connectivity index (χ3n) is 4.19. The van der Waals surface area contributed by atoms with Gasteiger partial charge >= 0.3 is 6.03 Å². The van der Waals surface area contributed by atoms with E-state index in [1.54, 1.807) is 34.1 Å². The molecule has 2 aliphatic heterocycles. The summed E-state index contributed by atoms with van der Waals surface area (Å²) >= 11 is 0. The monoisotopic (exact) mass is 333 g/mol. The Bertz CT molecular complexity index is 601. The number of nitrogens with one attached hydrogen (secondary N) is 1. The third-order valence-corrected chi connectivity index (χ3v) is 4.19. The second-order valence-corrected chi connectivity index (χ2v) is 6.04. The van der Waals surface area contributed by atoms with Gasteiger partial charge in [0, 0.05) is 37.4 Å². The van der Waals surface area contributed by atoms with Gasteiger partial charge in [-0.1, -0.05) is 6.07 Å². The van der Waals surface area contributed by atoms with Crippen LogP contribution in [0.3, 0.4) is 0 Å². The topological polar surface area (TPSA) is 71.1 Å². The Kier molecular flexibility index (Phi) is 5.32. The fraction of sp³-hybridized carbons (Fsp3) is 0.529. The lowest BCUT2D eigenvalue weighted by atomic mass is 10.1. The molecule has 0 saturated carbocycles. The molecule has 3 amide bonds. The molecule has 0 spiro atoms. The van der Waals surface area contributed by atoms with E-state index in [1.807, 2.05) is 6.92 Å². The molecule has 0 radical (unpaired) electrons. The molecule has 24 heavy (non-hydrogen) atoms. The van der Waals surface area contributed by atoms with E-state index in [2.05, 4.69) is 5.32 Å². The van der Waals surface area contributed by atoms with Crippen molar-refractivity contribution in [2.75, 3.05) is 51.3 Å². The standard InChI is InChI=1S/C17H23N3O4/c1-13-12-20(7-10-24-13)16(21)14-3-2-4-15(11-14)18-17(22)19-5-8-23-9-6-19/h2-4,11,13H,5-10,12H2,1H3,(H,18,22). The highest BCUT2D eigenvalue weighted by atomic mass is 16.5. The summed E-state index contributed by atoms with van der Waals surface area (Å²) in [6, 6.07) is 6.90. The Balaban J connectivity index is 1.65. The third kappa shape index (κ3) is 4.04. The molecule has 2 aliphatic rings. The van der Waals surface area contributed by atoms with E-state index in [4.69, 9.17) is 9.47 Å². The summed E-state index contributed by atoms with van der Waals surface area (Å²) in [5, 5.41) is 2.85. The molecular weight excluding hydrogens is 310 g/mol. The molecule has 1 aromatic rings. The number of carbonyl (C=O) groups is 2. The summed E-state index contributed by atoms with van der Waals surface area (Å²) in [7, 11) is 0. The zero-order valence-corrected chi connectivity index (χ0v) is 13.9. The van der Waals surface area contributed by atoms with Gasteiger partial charge in [-0.25, -0.2) is 4.79 Å². The van der Waals surface area contributed by atoms with E-state index in [-0.39, 0.29) is 18.0 Å². The average Bonchev–Trinajstić information content (AvgIpc) is 2.62. The smallest absolute Gasteiger partial charge is 0.321 e. The molecule has 3 rings (SSSR count). The van der Waals surface area contributed by atoms with E-state index in [0.717, 1.165) is 0 Å². The van der Waals surface area contributed by atoms with E-state index < -0.39 is 0 Å². The molecule has 7 heteroatoms. The summed E-state index contributed by atoms with van der Waals surface area (Å²) in [4.78, 5) is 28.4. The maximum Gasteiger partial charge on any atom is 0.321 e. The minimum Gasteiger partial charge on any atom is -0.378 e. The van der Waals surface area contributed by atoms with Crippen molar-refractivity contribution >= 4 is 17.6 Å². The number of benzene rings is 1.